The third-order valence-corrected chi connectivity index (χ3v) is 2.50. The van der Waals surface area contributed by atoms with Gasteiger partial charge in [-0.15, -0.1) is 0 Å². The average Bonchev–Trinajstić information content (AvgIpc) is 2.67. The number of hydrogen-bond donors (Lipinski definition) is 2. The second-order valence-electron chi connectivity index (χ2n) is 3.90. The molecule has 0 aliphatic carbocycles. The Kier molecular flexibility index (Phi) is 2.80. The first-order chi connectivity index (χ1) is 7.65. The van der Waals surface area contributed by atoms with E-state index in [-0.39, 0.29) is 6.54 Å². The zero-order chi connectivity index (χ0) is 11.7. The lowest BCUT2D eigenvalue weighted by molar-refractivity contribution is 0.184. The van der Waals surface area contributed by atoms with Crippen LogP contribution >= 0.6 is 0 Å². The first kappa shape index (κ1) is 10.9. The molecule has 2 aromatic heterocycles. The Hall–Kier alpha value is -1.59. The minimum absolute atomic E-state index is 0.175. The summed E-state index contributed by atoms with van der Waals surface area (Å²) >= 11 is 0. The number of nitrogens with two attached hydrogens (primary N) is 1. The van der Waals surface area contributed by atoms with Crippen LogP contribution in [0.4, 0.5) is 5.95 Å². The van der Waals surface area contributed by atoms with Gasteiger partial charge in [0.1, 0.15) is 6.10 Å². The van der Waals surface area contributed by atoms with Gasteiger partial charge in [-0.25, -0.2) is 4.98 Å². The predicted octanol–water partition coefficient (Wildman–Crippen LogP) is 0.392. The molecule has 3 N–H and O–H groups in total. The summed E-state index contributed by atoms with van der Waals surface area (Å²) < 4.78 is 1.94. The molecule has 2 aromatic rings. The molecule has 5 nitrogen and oxygen atoms in total. The van der Waals surface area contributed by atoms with Crippen molar-refractivity contribution in [2.45, 2.75) is 6.10 Å². The summed E-state index contributed by atoms with van der Waals surface area (Å²) in [6.45, 7) is 0.175. The fourth-order valence-electron chi connectivity index (χ4n) is 1.72. The Balaban J connectivity index is 2.66. The van der Waals surface area contributed by atoms with Crippen molar-refractivity contribution < 1.29 is 5.11 Å². The van der Waals surface area contributed by atoms with Gasteiger partial charge in [-0.05, 0) is 12.1 Å². The smallest absolute Gasteiger partial charge is 0.210 e. The van der Waals surface area contributed by atoms with Gasteiger partial charge in [-0.1, -0.05) is 6.07 Å². The van der Waals surface area contributed by atoms with Crippen LogP contribution in [0.1, 0.15) is 11.8 Å². The number of hydrogen-bond acceptors (Lipinski definition) is 4. The number of nitrogens with zero attached hydrogens (tertiary/aromatic N) is 3. The average molecular weight is 220 g/mol. The molecule has 0 saturated carbocycles. The van der Waals surface area contributed by atoms with Crippen LogP contribution in [0, 0.1) is 0 Å². The summed E-state index contributed by atoms with van der Waals surface area (Å²) in [6.07, 6.45) is 1.20. The number of aliphatic hydroxyl groups excluding tert-OH is 1. The highest BCUT2D eigenvalue weighted by atomic mass is 16.3. The Morgan fingerprint density at radius 3 is 2.88 bits per heavy atom. The van der Waals surface area contributed by atoms with Crippen LogP contribution in [0.2, 0.25) is 0 Å². The van der Waals surface area contributed by atoms with E-state index in [2.05, 4.69) is 4.98 Å². The topological polar surface area (TPSA) is 66.8 Å². The van der Waals surface area contributed by atoms with Crippen LogP contribution in [0.5, 0.6) is 0 Å². The van der Waals surface area contributed by atoms with Gasteiger partial charge >= 0.3 is 0 Å². The van der Waals surface area contributed by atoms with Crippen molar-refractivity contribution in [1.29, 1.82) is 0 Å². The molecule has 2 rings (SSSR count). The van der Waals surface area contributed by atoms with E-state index >= 15 is 0 Å². The molecular weight excluding hydrogens is 204 g/mol. The normalized spacial score (nSPS) is 13.0. The van der Waals surface area contributed by atoms with E-state index in [1.165, 1.54) is 0 Å². The lowest BCUT2D eigenvalue weighted by Gasteiger charge is -2.09. The number of fused-ring (bicyclic) bond motifs is 1. The van der Waals surface area contributed by atoms with Crippen LogP contribution in [0.25, 0.3) is 5.52 Å². The van der Waals surface area contributed by atoms with Crippen molar-refractivity contribution in [3.8, 4) is 0 Å². The van der Waals surface area contributed by atoms with Gasteiger partial charge in [0.25, 0.3) is 0 Å². The molecule has 0 aliphatic heterocycles. The van der Waals surface area contributed by atoms with E-state index < -0.39 is 6.10 Å². The minimum atomic E-state index is -0.717. The Labute approximate surface area is 94.1 Å². The summed E-state index contributed by atoms with van der Waals surface area (Å²) in [6, 6.07) is 5.78. The molecule has 1 unspecified atom stereocenters. The van der Waals surface area contributed by atoms with E-state index in [0.717, 1.165) is 11.5 Å². The molecule has 86 valence electrons. The maximum Gasteiger partial charge on any atom is 0.210 e. The molecule has 0 radical (unpaired) electrons. The lowest BCUT2D eigenvalue weighted by Crippen LogP contribution is -2.13. The maximum atomic E-state index is 9.80. The highest BCUT2D eigenvalue weighted by Gasteiger charge is 2.17. The minimum Gasteiger partial charge on any atom is -0.385 e. The van der Waals surface area contributed by atoms with Crippen LogP contribution < -0.4 is 10.6 Å². The van der Waals surface area contributed by atoms with Gasteiger partial charge in [-0.3, -0.25) is 4.40 Å². The van der Waals surface area contributed by atoms with E-state index in [4.69, 9.17) is 5.73 Å². The summed E-state index contributed by atoms with van der Waals surface area (Å²) in [5, 5.41) is 9.80. The fourth-order valence-corrected chi connectivity index (χ4v) is 1.72. The van der Waals surface area contributed by atoms with E-state index in [9.17, 15) is 5.11 Å². The van der Waals surface area contributed by atoms with Crippen LogP contribution in [0.3, 0.4) is 0 Å². The van der Waals surface area contributed by atoms with Gasteiger partial charge in [0.15, 0.2) is 0 Å². The Morgan fingerprint density at radius 2 is 2.25 bits per heavy atom. The quantitative estimate of drug-likeness (QED) is 0.785. The highest BCUT2D eigenvalue weighted by Crippen LogP contribution is 2.23. The maximum absolute atomic E-state index is 9.80. The molecule has 16 heavy (non-hydrogen) atoms. The molecular formula is C11H16N4O. The third-order valence-electron chi connectivity index (χ3n) is 2.50. The van der Waals surface area contributed by atoms with Gasteiger partial charge in [-0.2, -0.15) is 0 Å². The molecule has 0 aliphatic rings. The van der Waals surface area contributed by atoms with Gasteiger partial charge < -0.3 is 15.7 Å². The fraction of sp³-hybridized carbons (Fsp3) is 0.364. The monoisotopic (exact) mass is 220 g/mol. The van der Waals surface area contributed by atoms with Crippen molar-refractivity contribution in [2.24, 2.45) is 5.73 Å². The van der Waals surface area contributed by atoms with Gasteiger partial charge in [0, 0.05) is 26.8 Å². The molecule has 0 bridgehead atoms. The summed E-state index contributed by atoms with van der Waals surface area (Å²) in [7, 11) is 3.83. The van der Waals surface area contributed by atoms with Crippen molar-refractivity contribution in [3.05, 3.63) is 30.1 Å². The van der Waals surface area contributed by atoms with Crippen molar-refractivity contribution in [1.82, 2.24) is 9.38 Å². The molecule has 0 saturated heterocycles. The van der Waals surface area contributed by atoms with Crippen molar-refractivity contribution >= 4 is 11.5 Å². The first-order valence-corrected chi connectivity index (χ1v) is 5.17. The van der Waals surface area contributed by atoms with Crippen LogP contribution in [-0.4, -0.2) is 35.1 Å². The van der Waals surface area contributed by atoms with E-state index in [1.54, 1.807) is 0 Å². The van der Waals surface area contributed by atoms with E-state index in [1.807, 2.05) is 47.8 Å². The number of aromatic nitrogens is 2. The number of aliphatic hydroxyl groups is 1. The predicted molar refractivity (Wildman–Crippen MR) is 63.5 cm³/mol. The second kappa shape index (κ2) is 4.11. The second-order valence-corrected chi connectivity index (χ2v) is 3.90. The van der Waals surface area contributed by atoms with Crippen LogP contribution in [0.15, 0.2) is 24.4 Å². The number of imidazole rings is 1. The summed E-state index contributed by atoms with van der Waals surface area (Å²) in [5.41, 5.74) is 6.99. The largest absolute Gasteiger partial charge is 0.385 e. The summed E-state index contributed by atoms with van der Waals surface area (Å²) in [5.74, 6) is 0.790. The molecule has 0 aromatic carbocycles. The van der Waals surface area contributed by atoms with Crippen molar-refractivity contribution in [3.63, 3.8) is 0 Å². The first-order valence-electron chi connectivity index (χ1n) is 5.17. The molecule has 0 fully saturated rings. The lowest BCUT2D eigenvalue weighted by atomic mass is 10.2. The van der Waals surface area contributed by atoms with Crippen molar-refractivity contribution in [2.75, 3.05) is 25.5 Å². The molecule has 1 atom stereocenters. The Bertz CT molecular complexity index is 492. The molecule has 0 spiro atoms. The molecule has 0 amide bonds. The Morgan fingerprint density at radius 1 is 1.50 bits per heavy atom. The summed E-state index contributed by atoms with van der Waals surface area (Å²) in [4.78, 5) is 6.32. The zero-order valence-electron chi connectivity index (χ0n) is 9.46. The SMILES string of the molecule is CN(C)c1nc(C(O)CN)c2ccccn12. The van der Waals surface area contributed by atoms with E-state index in [0.29, 0.717) is 5.69 Å². The molecule has 5 heteroatoms. The molecule has 2 heterocycles. The number of pyridine rings is 1. The highest BCUT2D eigenvalue weighted by molar-refractivity contribution is 5.59. The third kappa shape index (κ3) is 1.64. The number of anilines is 1. The van der Waals surface area contributed by atoms with Crippen LogP contribution in [-0.2, 0) is 0 Å². The van der Waals surface area contributed by atoms with Gasteiger partial charge in [0.05, 0.1) is 11.2 Å². The zero-order valence-corrected chi connectivity index (χ0v) is 9.46. The van der Waals surface area contributed by atoms with Gasteiger partial charge in [0.2, 0.25) is 5.95 Å². The standard InChI is InChI=1S/C11H16N4O/c1-14(2)11-13-10(9(16)7-12)8-5-3-4-6-15(8)11/h3-6,9,16H,7,12H2,1-2H3. The number of rotatable bonds is 3.